The minimum Gasteiger partial charge on any atom is -0.379 e. The number of nitrogens with one attached hydrogen (secondary N) is 1. The fraction of sp³-hybridized carbons (Fsp3) is 0.350. The Morgan fingerprint density at radius 3 is 2.59 bits per heavy atom. The topological polar surface area (TPSA) is 75.7 Å². The molecule has 0 radical (unpaired) electrons. The largest absolute Gasteiger partial charge is 0.379 e. The van der Waals surface area contributed by atoms with Gasteiger partial charge in [-0.15, -0.1) is 11.8 Å². The molecule has 1 fully saturated rings. The van der Waals surface area contributed by atoms with Crippen molar-refractivity contribution in [1.82, 2.24) is 4.31 Å². The van der Waals surface area contributed by atoms with E-state index in [4.69, 9.17) is 4.74 Å². The zero-order chi connectivity index (χ0) is 21.0. The van der Waals surface area contributed by atoms with Gasteiger partial charge < -0.3 is 10.1 Å². The first-order valence-electron chi connectivity index (χ1n) is 9.19. The quantitative estimate of drug-likeness (QED) is 0.611. The summed E-state index contributed by atoms with van der Waals surface area (Å²) in [5.41, 5.74) is 1.11. The van der Waals surface area contributed by atoms with Gasteiger partial charge in [-0.25, -0.2) is 8.42 Å². The lowest BCUT2D eigenvalue weighted by molar-refractivity contribution is -0.115. The molecule has 0 unspecified atom stereocenters. The smallest absolute Gasteiger partial charge is 0.243 e. The lowest BCUT2D eigenvalue weighted by atomic mass is 10.2. The number of hydrogen-bond donors (Lipinski definition) is 1. The molecule has 3 rings (SSSR count). The highest BCUT2D eigenvalue weighted by atomic mass is 79.9. The van der Waals surface area contributed by atoms with Crippen molar-refractivity contribution in [3.63, 3.8) is 0 Å². The number of ether oxygens (including phenoxy) is 1. The molecular formula is C20H23BrN2O4S2. The van der Waals surface area contributed by atoms with Gasteiger partial charge in [0.05, 0.1) is 23.4 Å². The van der Waals surface area contributed by atoms with Crippen molar-refractivity contribution in [2.24, 2.45) is 0 Å². The maximum Gasteiger partial charge on any atom is 0.243 e. The van der Waals surface area contributed by atoms with Crippen LogP contribution < -0.4 is 5.32 Å². The first kappa shape index (κ1) is 22.3. The fourth-order valence-corrected chi connectivity index (χ4v) is 6.02. The average Bonchev–Trinajstić information content (AvgIpc) is 2.71. The summed E-state index contributed by atoms with van der Waals surface area (Å²) < 4.78 is 33.6. The van der Waals surface area contributed by atoms with Crippen molar-refractivity contribution in [2.75, 3.05) is 31.6 Å². The Morgan fingerprint density at radius 2 is 1.90 bits per heavy atom. The van der Waals surface area contributed by atoms with E-state index < -0.39 is 10.0 Å². The van der Waals surface area contributed by atoms with E-state index in [2.05, 4.69) is 21.2 Å². The van der Waals surface area contributed by atoms with Crippen LogP contribution in [0.25, 0.3) is 0 Å². The van der Waals surface area contributed by atoms with Gasteiger partial charge in [-0.05, 0) is 59.6 Å². The van der Waals surface area contributed by atoms with Gasteiger partial charge in [-0.2, -0.15) is 4.31 Å². The monoisotopic (exact) mass is 498 g/mol. The number of sulfonamides is 1. The molecule has 0 bridgehead atoms. The van der Waals surface area contributed by atoms with Crippen LogP contribution in [0.4, 0.5) is 5.69 Å². The molecule has 6 nitrogen and oxygen atoms in total. The Kier molecular flexibility index (Phi) is 7.39. The van der Waals surface area contributed by atoms with Gasteiger partial charge in [0, 0.05) is 28.1 Å². The van der Waals surface area contributed by atoms with E-state index in [1.165, 1.54) is 22.1 Å². The second-order valence-electron chi connectivity index (χ2n) is 6.68. The van der Waals surface area contributed by atoms with Crippen molar-refractivity contribution >= 4 is 49.3 Å². The van der Waals surface area contributed by atoms with Crippen LogP contribution in [0, 0.1) is 6.92 Å². The van der Waals surface area contributed by atoms with Crippen molar-refractivity contribution < 1.29 is 17.9 Å². The molecule has 1 aliphatic heterocycles. The molecular weight excluding hydrogens is 476 g/mol. The Labute approximate surface area is 184 Å². The Morgan fingerprint density at radius 1 is 1.21 bits per heavy atom. The molecule has 1 aliphatic rings. The number of amides is 1. The van der Waals surface area contributed by atoms with Crippen LogP contribution in [0.5, 0.6) is 0 Å². The van der Waals surface area contributed by atoms with Crippen LogP contribution in [0.15, 0.2) is 56.7 Å². The number of morpholine rings is 1. The Hall–Kier alpha value is -1.39. The summed E-state index contributed by atoms with van der Waals surface area (Å²) in [6, 6.07) is 12.7. The zero-order valence-corrected chi connectivity index (χ0v) is 19.4. The predicted octanol–water partition coefficient (Wildman–Crippen LogP) is 3.90. The fourth-order valence-electron chi connectivity index (χ4n) is 2.91. The van der Waals surface area contributed by atoms with E-state index in [1.807, 2.05) is 31.2 Å². The molecule has 2 aromatic rings. The lowest BCUT2D eigenvalue weighted by Gasteiger charge is -2.27. The third kappa shape index (κ3) is 5.40. The summed E-state index contributed by atoms with van der Waals surface area (Å²) >= 11 is 4.92. The number of aryl methyl sites for hydroxylation is 1. The summed E-state index contributed by atoms with van der Waals surface area (Å²) in [6.07, 6.45) is 0. The van der Waals surface area contributed by atoms with E-state index in [1.54, 1.807) is 19.1 Å². The Balaban J connectivity index is 1.75. The molecule has 0 saturated carbocycles. The van der Waals surface area contributed by atoms with Gasteiger partial charge in [0.2, 0.25) is 15.9 Å². The number of carbonyl (C=O) groups excluding carboxylic acids is 1. The summed E-state index contributed by atoms with van der Waals surface area (Å²) in [5, 5.41) is 2.49. The number of thioether (sulfide) groups is 1. The molecule has 0 aromatic heterocycles. The van der Waals surface area contributed by atoms with Crippen LogP contribution in [0.1, 0.15) is 12.5 Å². The molecule has 0 spiro atoms. The molecule has 1 heterocycles. The van der Waals surface area contributed by atoms with Crippen LogP contribution in [-0.2, 0) is 19.6 Å². The van der Waals surface area contributed by atoms with Gasteiger partial charge in [0.15, 0.2) is 0 Å². The molecule has 2 aromatic carbocycles. The van der Waals surface area contributed by atoms with Crippen molar-refractivity contribution in [3.05, 3.63) is 52.5 Å². The SMILES string of the molecule is Cc1ccc(NC(=O)[C@@H](C)Sc2ccccc2Br)cc1S(=O)(=O)N1CCOCC1. The van der Waals surface area contributed by atoms with Crippen molar-refractivity contribution in [3.8, 4) is 0 Å². The molecule has 29 heavy (non-hydrogen) atoms. The summed E-state index contributed by atoms with van der Waals surface area (Å²) in [7, 11) is -3.63. The standard InChI is InChI=1S/C20H23BrN2O4S2/c1-14-7-8-16(13-19(14)29(25,26)23-9-11-27-12-10-23)22-20(24)15(2)28-18-6-4-3-5-17(18)21/h3-8,13,15H,9-12H2,1-2H3,(H,22,24)/t15-/m1/s1. The molecule has 1 atom stereocenters. The summed E-state index contributed by atoms with van der Waals surface area (Å²) in [5.74, 6) is -0.190. The van der Waals surface area contributed by atoms with Crippen molar-refractivity contribution in [1.29, 1.82) is 0 Å². The highest BCUT2D eigenvalue weighted by Gasteiger charge is 2.28. The number of nitrogens with zero attached hydrogens (tertiary/aromatic N) is 1. The second kappa shape index (κ2) is 9.61. The minimum absolute atomic E-state index is 0.190. The van der Waals surface area contributed by atoms with Gasteiger partial charge >= 0.3 is 0 Å². The third-order valence-corrected chi connectivity index (χ3v) is 8.73. The van der Waals surface area contributed by atoms with Gasteiger partial charge in [0.1, 0.15) is 0 Å². The van der Waals surface area contributed by atoms with Crippen LogP contribution in [-0.4, -0.2) is 50.2 Å². The van der Waals surface area contributed by atoms with E-state index in [-0.39, 0.29) is 16.1 Å². The number of halogens is 1. The van der Waals surface area contributed by atoms with E-state index in [9.17, 15) is 13.2 Å². The van der Waals surface area contributed by atoms with E-state index in [0.717, 1.165) is 9.37 Å². The van der Waals surface area contributed by atoms with Gasteiger partial charge in [-0.1, -0.05) is 18.2 Å². The molecule has 1 saturated heterocycles. The predicted molar refractivity (Wildman–Crippen MR) is 119 cm³/mol. The maximum absolute atomic E-state index is 13.0. The van der Waals surface area contributed by atoms with Crippen LogP contribution in [0.2, 0.25) is 0 Å². The number of rotatable bonds is 6. The van der Waals surface area contributed by atoms with E-state index >= 15 is 0 Å². The highest BCUT2D eigenvalue weighted by molar-refractivity contribution is 9.10. The first-order chi connectivity index (χ1) is 13.8. The summed E-state index contributed by atoms with van der Waals surface area (Å²) in [6.45, 7) is 5.01. The van der Waals surface area contributed by atoms with Gasteiger partial charge in [-0.3, -0.25) is 4.79 Å². The molecule has 0 aliphatic carbocycles. The normalized spacial score (nSPS) is 16.4. The van der Waals surface area contributed by atoms with Crippen molar-refractivity contribution in [2.45, 2.75) is 28.9 Å². The minimum atomic E-state index is -3.63. The van der Waals surface area contributed by atoms with Crippen LogP contribution in [0.3, 0.4) is 0 Å². The second-order valence-corrected chi connectivity index (χ2v) is 10.8. The molecule has 9 heteroatoms. The molecule has 1 amide bonds. The highest BCUT2D eigenvalue weighted by Crippen LogP contribution is 2.31. The molecule has 1 N–H and O–H groups in total. The number of benzene rings is 2. The number of carbonyl (C=O) groups is 1. The first-order valence-corrected chi connectivity index (χ1v) is 12.3. The lowest BCUT2D eigenvalue weighted by Crippen LogP contribution is -2.40. The average molecular weight is 499 g/mol. The molecule has 156 valence electrons. The maximum atomic E-state index is 13.0. The van der Waals surface area contributed by atoms with Gasteiger partial charge in [0.25, 0.3) is 0 Å². The Bertz CT molecular complexity index is 992. The van der Waals surface area contributed by atoms with E-state index in [0.29, 0.717) is 37.6 Å². The third-order valence-electron chi connectivity index (χ3n) is 4.55. The summed E-state index contributed by atoms with van der Waals surface area (Å²) in [4.78, 5) is 13.8. The number of hydrogen-bond acceptors (Lipinski definition) is 5. The number of anilines is 1. The zero-order valence-electron chi connectivity index (χ0n) is 16.2. The van der Waals surface area contributed by atoms with Crippen LogP contribution >= 0.6 is 27.7 Å².